The van der Waals surface area contributed by atoms with Gasteiger partial charge in [-0.2, -0.15) is 0 Å². The van der Waals surface area contributed by atoms with Crippen LogP contribution in [0.1, 0.15) is 23.9 Å². The highest BCUT2D eigenvalue weighted by atomic mass is 35.5. The third-order valence-electron chi connectivity index (χ3n) is 3.79. The maximum atomic E-state index is 12.4. The molecule has 1 aliphatic heterocycles. The van der Waals surface area contributed by atoms with E-state index in [0.29, 0.717) is 18.2 Å². The third-order valence-corrected chi connectivity index (χ3v) is 4.36. The maximum absolute atomic E-state index is 12.4. The molecule has 4 heteroatoms. The average Bonchev–Trinajstić information content (AvgIpc) is 2.85. The fourth-order valence-corrected chi connectivity index (χ4v) is 2.74. The van der Waals surface area contributed by atoms with Crippen LogP contribution in [-0.2, 0) is 0 Å². The Hall–Kier alpha value is -1.48. The number of likely N-dealkylation sites (tertiary alicyclic amines) is 1. The van der Waals surface area contributed by atoms with Gasteiger partial charge in [-0.25, -0.2) is 0 Å². The molecule has 0 bridgehead atoms. The molecule has 3 rings (SSSR count). The normalized spacial score (nSPS) is 23.8. The number of para-hydroxylation sites is 1. The summed E-state index contributed by atoms with van der Waals surface area (Å²) in [5.41, 5.74) is 0.749. The molecule has 2 heterocycles. The Morgan fingerprint density at radius 1 is 1.42 bits per heavy atom. The summed E-state index contributed by atoms with van der Waals surface area (Å²) < 4.78 is 5.61. The molecule has 1 fully saturated rings. The number of fused-ring (bicyclic) bond motifs is 1. The zero-order valence-corrected chi connectivity index (χ0v) is 11.6. The van der Waals surface area contributed by atoms with Gasteiger partial charge in [-0.1, -0.05) is 25.1 Å². The first kappa shape index (κ1) is 12.5. The molecule has 0 aliphatic carbocycles. The van der Waals surface area contributed by atoms with E-state index in [1.165, 1.54) is 0 Å². The molecule has 0 spiro atoms. The number of piperidine rings is 1. The Bertz CT molecular complexity index is 574. The molecular weight excluding hydrogens is 262 g/mol. The van der Waals surface area contributed by atoms with Crippen LogP contribution in [-0.4, -0.2) is 29.3 Å². The van der Waals surface area contributed by atoms with Gasteiger partial charge in [0.05, 0.1) is 5.38 Å². The van der Waals surface area contributed by atoms with Gasteiger partial charge in [-0.05, 0) is 24.5 Å². The third kappa shape index (κ3) is 2.35. The topological polar surface area (TPSA) is 33.5 Å². The lowest BCUT2D eigenvalue weighted by molar-refractivity contribution is 0.0671. The van der Waals surface area contributed by atoms with E-state index in [-0.39, 0.29) is 11.3 Å². The SMILES string of the molecule is CC1CCN(C(=O)c2cc3ccccc3o2)CC1Cl. The van der Waals surface area contributed by atoms with Crippen molar-refractivity contribution in [3.63, 3.8) is 0 Å². The Balaban J connectivity index is 1.83. The Morgan fingerprint density at radius 3 is 2.95 bits per heavy atom. The Labute approximate surface area is 117 Å². The number of halogens is 1. The van der Waals surface area contributed by atoms with Crippen LogP contribution in [0.5, 0.6) is 0 Å². The van der Waals surface area contributed by atoms with E-state index in [9.17, 15) is 4.79 Å². The second kappa shape index (κ2) is 4.89. The predicted octanol–water partition coefficient (Wildman–Crippen LogP) is 3.52. The molecule has 1 amide bonds. The zero-order valence-electron chi connectivity index (χ0n) is 10.8. The largest absolute Gasteiger partial charge is 0.451 e. The van der Waals surface area contributed by atoms with E-state index in [0.717, 1.165) is 23.9 Å². The van der Waals surface area contributed by atoms with Gasteiger partial charge in [0.25, 0.3) is 5.91 Å². The number of rotatable bonds is 1. The minimum atomic E-state index is -0.0613. The molecular formula is C15H16ClNO2. The van der Waals surface area contributed by atoms with Crippen molar-refractivity contribution in [2.24, 2.45) is 5.92 Å². The van der Waals surface area contributed by atoms with Crippen LogP contribution < -0.4 is 0 Å². The van der Waals surface area contributed by atoms with Crippen LogP contribution in [0.3, 0.4) is 0 Å². The summed E-state index contributed by atoms with van der Waals surface area (Å²) in [6.07, 6.45) is 0.945. The molecule has 0 saturated carbocycles. The number of amides is 1. The first-order valence-electron chi connectivity index (χ1n) is 6.57. The smallest absolute Gasteiger partial charge is 0.289 e. The molecule has 1 aliphatic rings. The van der Waals surface area contributed by atoms with Gasteiger partial charge in [-0.3, -0.25) is 4.79 Å². The van der Waals surface area contributed by atoms with Crippen LogP contribution in [0.4, 0.5) is 0 Å². The molecule has 3 nitrogen and oxygen atoms in total. The predicted molar refractivity (Wildman–Crippen MR) is 75.5 cm³/mol. The summed E-state index contributed by atoms with van der Waals surface area (Å²) in [7, 11) is 0. The lowest BCUT2D eigenvalue weighted by Gasteiger charge is -2.33. The Kier molecular flexibility index (Phi) is 3.23. The van der Waals surface area contributed by atoms with Gasteiger partial charge in [-0.15, -0.1) is 11.6 Å². The lowest BCUT2D eigenvalue weighted by atomic mass is 9.98. The molecule has 0 radical (unpaired) electrons. The number of benzene rings is 1. The van der Waals surface area contributed by atoms with E-state index < -0.39 is 0 Å². The van der Waals surface area contributed by atoms with E-state index >= 15 is 0 Å². The minimum absolute atomic E-state index is 0.0297. The molecule has 2 aromatic rings. The fraction of sp³-hybridized carbons (Fsp3) is 0.400. The van der Waals surface area contributed by atoms with Crippen molar-refractivity contribution < 1.29 is 9.21 Å². The van der Waals surface area contributed by atoms with Crippen molar-refractivity contribution >= 4 is 28.5 Å². The number of carbonyl (C=O) groups excluding carboxylic acids is 1. The highest BCUT2D eigenvalue weighted by Gasteiger charge is 2.29. The molecule has 1 saturated heterocycles. The number of furan rings is 1. The van der Waals surface area contributed by atoms with Gasteiger partial charge in [0.1, 0.15) is 5.58 Å². The highest BCUT2D eigenvalue weighted by molar-refractivity contribution is 6.21. The van der Waals surface area contributed by atoms with E-state index in [2.05, 4.69) is 6.92 Å². The summed E-state index contributed by atoms with van der Waals surface area (Å²) in [5.74, 6) is 0.801. The van der Waals surface area contributed by atoms with Crippen LogP contribution in [0.2, 0.25) is 0 Å². The molecule has 2 unspecified atom stereocenters. The van der Waals surface area contributed by atoms with E-state index in [1.54, 1.807) is 11.0 Å². The summed E-state index contributed by atoms with van der Waals surface area (Å²) in [6.45, 7) is 3.47. The maximum Gasteiger partial charge on any atom is 0.289 e. The fourth-order valence-electron chi connectivity index (χ4n) is 2.45. The number of hydrogen-bond acceptors (Lipinski definition) is 2. The average molecular weight is 278 g/mol. The van der Waals surface area contributed by atoms with Gasteiger partial charge in [0.2, 0.25) is 0 Å². The summed E-state index contributed by atoms with van der Waals surface area (Å²) in [4.78, 5) is 14.2. The van der Waals surface area contributed by atoms with Crippen LogP contribution in [0.15, 0.2) is 34.7 Å². The number of nitrogens with zero attached hydrogens (tertiary/aromatic N) is 1. The lowest BCUT2D eigenvalue weighted by Crippen LogP contribution is -2.43. The van der Waals surface area contributed by atoms with Crippen molar-refractivity contribution in [1.82, 2.24) is 4.90 Å². The minimum Gasteiger partial charge on any atom is -0.451 e. The van der Waals surface area contributed by atoms with Crippen LogP contribution >= 0.6 is 11.6 Å². The Morgan fingerprint density at radius 2 is 2.21 bits per heavy atom. The molecule has 2 atom stereocenters. The van der Waals surface area contributed by atoms with Gasteiger partial charge in [0, 0.05) is 18.5 Å². The first-order chi connectivity index (χ1) is 9.15. The van der Waals surface area contributed by atoms with E-state index in [4.69, 9.17) is 16.0 Å². The monoisotopic (exact) mass is 277 g/mol. The van der Waals surface area contributed by atoms with Crippen molar-refractivity contribution in [2.45, 2.75) is 18.7 Å². The van der Waals surface area contributed by atoms with E-state index in [1.807, 2.05) is 24.3 Å². The van der Waals surface area contributed by atoms with Crippen molar-refractivity contribution in [2.75, 3.05) is 13.1 Å². The number of alkyl halides is 1. The number of carbonyl (C=O) groups is 1. The molecule has 0 N–H and O–H groups in total. The van der Waals surface area contributed by atoms with Crippen molar-refractivity contribution in [3.05, 3.63) is 36.1 Å². The van der Waals surface area contributed by atoms with Gasteiger partial charge < -0.3 is 9.32 Å². The van der Waals surface area contributed by atoms with Crippen molar-refractivity contribution in [1.29, 1.82) is 0 Å². The van der Waals surface area contributed by atoms with Crippen LogP contribution in [0, 0.1) is 5.92 Å². The summed E-state index contributed by atoms with van der Waals surface area (Å²) in [5, 5.41) is 0.987. The zero-order chi connectivity index (χ0) is 13.4. The summed E-state index contributed by atoms with van der Waals surface area (Å²) in [6, 6.07) is 9.45. The first-order valence-corrected chi connectivity index (χ1v) is 7.00. The van der Waals surface area contributed by atoms with Crippen molar-refractivity contribution in [3.8, 4) is 0 Å². The molecule has 19 heavy (non-hydrogen) atoms. The summed E-state index contributed by atoms with van der Waals surface area (Å²) >= 11 is 6.25. The standard InChI is InChI=1S/C15H16ClNO2/c1-10-6-7-17(9-12(10)16)15(18)14-8-11-4-2-3-5-13(11)19-14/h2-5,8,10,12H,6-7,9H2,1H3. The van der Waals surface area contributed by atoms with Crippen LogP contribution in [0.25, 0.3) is 11.0 Å². The molecule has 100 valence electrons. The highest BCUT2D eigenvalue weighted by Crippen LogP contribution is 2.25. The van der Waals surface area contributed by atoms with Gasteiger partial charge >= 0.3 is 0 Å². The molecule has 1 aromatic heterocycles. The quantitative estimate of drug-likeness (QED) is 0.747. The second-order valence-electron chi connectivity index (χ2n) is 5.18. The van der Waals surface area contributed by atoms with Gasteiger partial charge in [0.15, 0.2) is 5.76 Å². The molecule has 1 aromatic carbocycles. The number of hydrogen-bond donors (Lipinski definition) is 0. The second-order valence-corrected chi connectivity index (χ2v) is 5.74.